The molecule has 3 aromatic rings. The van der Waals surface area contributed by atoms with E-state index in [4.69, 9.17) is 4.74 Å². The number of benzene rings is 2. The van der Waals surface area contributed by atoms with Gasteiger partial charge in [0.05, 0.1) is 12.9 Å². The van der Waals surface area contributed by atoms with Crippen LogP contribution in [0.15, 0.2) is 59.8 Å². The Morgan fingerprint density at radius 2 is 1.84 bits per heavy atom. The molecule has 166 valence electrons. The zero-order valence-corrected chi connectivity index (χ0v) is 18.6. The summed E-state index contributed by atoms with van der Waals surface area (Å²) in [5.74, 6) is 1.66. The van der Waals surface area contributed by atoms with Crippen LogP contribution >= 0.6 is 11.8 Å². The molecule has 0 saturated carbocycles. The zero-order chi connectivity index (χ0) is 22.3. The van der Waals surface area contributed by atoms with Crippen molar-refractivity contribution in [1.29, 1.82) is 0 Å². The van der Waals surface area contributed by atoms with Gasteiger partial charge in [-0.1, -0.05) is 30.0 Å². The predicted molar refractivity (Wildman–Crippen MR) is 123 cm³/mol. The fraction of sp³-hybridized carbons (Fsp3) is 0.304. The molecule has 32 heavy (non-hydrogen) atoms. The first-order valence-corrected chi connectivity index (χ1v) is 11.4. The SMILES string of the molecule is COc1ccc(-c2nc(SCC(=O)N3CCC(C(=O)Nc4ccccc4)CC3)n[nH]2)cc1. The number of likely N-dealkylation sites (tertiary alicyclic amines) is 1. The van der Waals surface area contributed by atoms with Crippen LogP contribution in [-0.2, 0) is 9.59 Å². The van der Waals surface area contributed by atoms with Crippen LogP contribution in [0.2, 0.25) is 0 Å². The number of hydrogen-bond donors (Lipinski definition) is 2. The quantitative estimate of drug-likeness (QED) is 0.534. The summed E-state index contributed by atoms with van der Waals surface area (Å²) in [7, 11) is 1.62. The van der Waals surface area contributed by atoms with E-state index in [2.05, 4.69) is 20.5 Å². The number of amides is 2. The van der Waals surface area contributed by atoms with Crippen molar-refractivity contribution in [2.75, 3.05) is 31.3 Å². The first-order valence-electron chi connectivity index (χ1n) is 10.5. The van der Waals surface area contributed by atoms with Crippen LogP contribution in [0.1, 0.15) is 12.8 Å². The number of para-hydroxylation sites is 1. The lowest BCUT2D eigenvalue weighted by Crippen LogP contribution is -2.42. The van der Waals surface area contributed by atoms with Crippen molar-refractivity contribution in [2.24, 2.45) is 5.92 Å². The van der Waals surface area contributed by atoms with Gasteiger partial charge in [-0.05, 0) is 49.2 Å². The second-order valence-electron chi connectivity index (χ2n) is 7.49. The van der Waals surface area contributed by atoms with Crippen LogP contribution in [0.4, 0.5) is 5.69 Å². The molecule has 2 heterocycles. The van der Waals surface area contributed by atoms with E-state index in [0.29, 0.717) is 36.9 Å². The predicted octanol–water partition coefficient (Wildman–Crippen LogP) is 3.45. The minimum absolute atomic E-state index is 0.0180. The number of nitrogens with zero attached hydrogens (tertiary/aromatic N) is 3. The first kappa shape index (κ1) is 21.9. The molecule has 9 heteroatoms. The molecule has 0 spiro atoms. The number of thioether (sulfide) groups is 1. The standard InChI is InChI=1S/C23H25N5O3S/c1-31-19-9-7-16(8-10-19)21-25-23(27-26-21)32-15-20(29)28-13-11-17(12-14-28)22(30)24-18-5-3-2-4-6-18/h2-10,17H,11-15H2,1H3,(H,24,30)(H,25,26,27). The molecular weight excluding hydrogens is 426 g/mol. The van der Waals surface area contributed by atoms with Crippen molar-refractivity contribution in [3.63, 3.8) is 0 Å². The number of piperidine rings is 1. The van der Waals surface area contributed by atoms with Gasteiger partial charge >= 0.3 is 0 Å². The van der Waals surface area contributed by atoms with Crippen molar-refractivity contribution in [3.05, 3.63) is 54.6 Å². The average Bonchev–Trinajstić information content (AvgIpc) is 3.32. The Kier molecular flexibility index (Phi) is 7.06. The number of aromatic nitrogens is 3. The maximum Gasteiger partial charge on any atom is 0.233 e. The van der Waals surface area contributed by atoms with Gasteiger partial charge in [-0.15, -0.1) is 5.10 Å². The van der Waals surface area contributed by atoms with Crippen LogP contribution in [0.3, 0.4) is 0 Å². The van der Waals surface area contributed by atoms with Gasteiger partial charge in [-0.3, -0.25) is 14.7 Å². The lowest BCUT2D eigenvalue weighted by molar-refractivity contribution is -0.132. The van der Waals surface area contributed by atoms with Crippen LogP contribution in [-0.4, -0.2) is 57.8 Å². The molecule has 0 unspecified atom stereocenters. The summed E-state index contributed by atoms with van der Waals surface area (Å²) < 4.78 is 5.16. The number of carbonyl (C=O) groups is 2. The van der Waals surface area contributed by atoms with Crippen LogP contribution in [0, 0.1) is 5.92 Å². The zero-order valence-electron chi connectivity index (χ0n) is 17.8. The van der Waals surface area contributed by atoms with Crippen molar-refractivity contribution in [3.8, 4) is 17.1 Å². The van der Waals surface area contributed by atoms with Crippen molar-refractivity contribution >= 4 is 29.3 Å². The maximum absolute atomic E-state index is 12.6. The number of H-pyrrole nitrogens is 1. The molecule has 0 radical (unpaired) electrons. The minimum atomic E-state index is -0.0769. The molecular formula is C23H25N5O3S. The van der Waals surface area contributed by atoms with Crippen molar-refractivity contribution < 1.29 is 14.3 Å². The second kappa shape index (κ2) is 10.3. The third-order valence-corrected chi connectivity index (χ3v) is 6.24. The maximum atomic E-state index is 12.6. The molecule has 1 aliphatic rings. The van der Waals surface area contributed by atoms with E-state index in [0.717, 1.165) is 17.0 Å². The Bertz CT molecular complexity index is 1050. The summed E-state index contributed by atoms with van der Waals surface area (Å²) in [6.07, 6.45) is 1.33. The average molecular weight is 452 g/mol. The number of rotatable bonds is 7. The van der Waals surface area contributed by atoms with Gasteiger partial charge < -0.3 is 15.0 Å². The monoisotopic (exact) mass is 451 g/mol. The molecule has 2 aromatic carbocycles. The molecule has 0 bridgehead atoms. The van der Waals surface area contributed by atoms with E-state index in [1.54, 1.807) is 7.11 Å². The van der Waals surface area contributed by atoms with E-state index < -0.39 is 0 Å². The van der Waals surface area contributed by atoms with E-state index >= 15 is 0 Å². The number of ether oxygens (including phenoxy) is 1. The van der Waals surface area contributed by atoms with Crippen LogP contribution in [0.25, 0.3) is 11.4 Å². The molecule has 1 aromatic heterocycles. The highest BCUT2D eigenvalue weighted by Crippen LogP contribution is 2.23. The summed E-state index contributed by atoms with van der Waals surface area (Å²) in [5, 5.41) is 10.6. The number of nitrogens with one attached hydrogen (secondary N) is 2. The lowest BCUT2D eigenvalue weighted by Gasteiger charge is -2.31. The Morgan fingerprint density at radius 1 is 1.12 bits per heavy atom. The molecule has 1 saturated heterocycles. The third kappa shape index (κ3) is 5.47. The van der Waals surface area contributed by atoms with Gasteiger partial charge in [-0.25, -0.2) is 4.98 Å². The lowest BCUT2D eigenvalue weighted by atomic mass is 9.96. The largest absolute Gasteiger partial charge is 0.497 e. The second-order valence-corrected chi connectivity index (χ2v) is 8.44. The topological polar surface area (TPSA) is 100 Å². The number of methoxy groups -OCH3 is 1. The van der Waals surface area contributed by atoms with Gasteiger partial charge in [0.15, 0.2) is 5.82 Å². The highest BCUT2D eigenvalue weighted by atomic mass is 32.2. The van der Waals surface area contributed by atoms with Gasteiger partial charge in [0.1, 0.15) is 5.75 Å². The summed E-state index contributed by atoms with van der Waals surface area (Å²) in [5.41, 5.74) is 1.69. The van der Waals surface area contributed by atoms with Gasteiger partial charge in [0.2, 0.25) is 17.0 Å². The first-order chi connectivity index (χ1) is 15.6. The van der Waals surface area contributed by atoms with E-state index in [1.165, 1.54) is 11.8 Å². The number of hydrogen-bond acceptors (Lipinski definition) is 6. The summed E-state index contributed by atoms with van der Waals surface area (Å²) in [6, 6.07) is 17.0. The molecule has 1 aliphatic heterocycles. The Morgan fingerprint density at radius 3 is 2.53 bits per heavy atom. The molecule has 2 N–H and O–H groups in total. The normalized spacial score (nSPS) is 14.2. The van der Waals surface area contributed by atoms with Crippen LogP contribution in [0.5, 0.6) is 5.75 Å². The van der Waals surface area contributed by atoms with Crippen molar-refractivity contribution in [2.45, 2.75) is 18.0 Å². The molecule has 2 amide bonds. The summed E-state index contributed by atoms with van der Waals surface area (Å²) in [6.45, 7) is 1.16. The number of aromatic amines is 1. The van der Waals surface area contributed by atoms with Crippen molar-refractivity contribution in [1.82, 2.24) is 20.1 Å². The molecule has 0 atom stereocenters. The molecule has 0 aliphatic carbocycles. The fourth-order valence-corrected chi connectivity index (χ4v) is 4.26. The third-order valence-electron chi connectivity index (χ3n) is 5.41. The Labute approximate surface area is 190 Å². The van der Waals surface area contributed by atoms with Gasteiger partial charge in [-0.2, -0.15) is 0 Å². The Hall–Kier alpha value is -3.33. The summed E-state index contributed by atoms with van der Waals surface area (Å²) >= 11 is 1.31. The number of carbonyl (C=O) groups excluding carboxylic acids is 2. The number of anilines is 1. The highest BCUT2D eigenvalue weighted by Gasteiger charge is 2.27. The highest BCUT2D eigenvalue weighted by molar-refractivity contribution is 7.99. The van der Waals surface area contributed by atoms with Gasteiger partial charge in [0.25, 0.3) is 0 Å². The summed E-state index contributed by atoms with van der Waals surface area (Å²) in [4.78, 5) is 31.4. The minimum Gasteiger partial charge on any atom is -0.497 e. The molecule has 8 nitrogen and oxygen atoms in total. The van der Waals surface area contributed by atoms with E-state index in [9.17, 15) is 9.59 Å². The Balaban J connectivity index is 1.23. The fourth-order valence-electron chi connectivity index (χ4n) is 3.56. The van der Waals surface area contributed by atoms with Crippen LogP contribution < -0.4 is 10.1 Å². The van der Waals surface area contributed by atoms with E-state index in [-0.39, 0.29) is 23.5 Å². The van der Waals surface area contributed by atoms with Gasteiger partial charge in [0, 0.05) is 30.3 Å². The smallest absolute Gasteiger partial charge is 0.233 e. The van der Waals surface area contributed by atoms with E-state index in [1.807, 2.05) is 59.5 Å². The molecule has 4 rings (SSSR count). The molecule has 1 fully saturated rings.